The zero-order chi connectivity index (χ0) is 20.0. The number of fused-ring (bicyclic) bond motifs is 1. The van der Waals surface area contributed by atoms with E-state index < -0.39 is 27.2 Å². The predicted molar refractivity (Wildman–Crippen MR) is 104 cm³/mol. The van der Waals surface area contributed by atoms with Crippen molar-refractivity contribution in [2.75, 3.05) is 6.26 Å². The third-order valence-corrected chi connectivity index (χ3v) is 5.10. The topological polar surface area (TPSA) is 72.2 Å². The second-order valence-corrected chi connectivity index (χ2v) is 9.55. The van der Waals surface area contributed by atoms with E-state index in [4.69, 9.17) is 9.52 Å². The van der Waals surface area contributed by atoms with Crippen LogP contribution >= 0.6 is 0 Å². The summed E-state index contributed by atoms with van der Waals surface area (Å²) in [6.07, 6.45) is 0.638. The van der Waals surface area contributed by atoms with Crippen LogP contribution in [0.4, 0.5) is 9.18 Å². The second-order valence-electron chi connectivity index (χ2n) is 7.39. The molecule has 1 atom stereocenters. The van der Waals surface area contributed by atoms with E-state index in [-0.39, 0.29) is 16.2 Å². The highest BCUT2D eigenvalue weighted by Crippen LogP contribution is 2.32. The van der Waals surface area contributed by atoms with E-state index in [0.717, 1.165) is 5.39 Å². The molecule has 142 valence electrons. The predicted octanol–water partition coefficient (Wildman–Crippen LogP) is 5.27. The Morgan fingerprint density at radius 3 is 2.44 bits per heavy atom. The van der Waals surface area contributed by atoms with Gasteiger partial charge in [0.15, 0.2) is 0 Å². The molecule has 1 aromatic heterocycles. The fraction of sp³-hybridized carbons (Fsp3) is 0.250. The summed E-state index contributed by atoms with van der Waals surface area (Å²) in [6.45, 7) is 5.26. The van der Waals surface area contributed by atoms with Crippen LogP contribution in [-0.2, 0) is 14.5 Å². The van der Waals surface area contributed by atoms with Gasteiger partial charge in [-0.2, -0.15) is 0 Å². The van der Waals surface area contributed by atoms with Crippen LogP contribution in [0.15, 0.2) is 53.4 Å². The summed E-state index contributed by atoms with van der Waals surface area (Å²) in [7, 11) is -3.03. The first-order chi connectivity index (χ1) is 12.5. The molecule has 0 aliphatic heterocycles. The Labute approximate surface area is 157 Å². The summed E-state index contributed by atoms with van der Waals surface area (Å²) < 4.78 is 41.3. The standard InChI is InChI=1S/C20H21FN2O3S/c1-20(2,3)26-19(24)23-17-8-6-5-7-13(17)11-18(23)15-12-14(27(4,22)25)9-10-16(15)21/h5-12,22H,1-4H3. The van der Waals surface area contributed by atoms with Crippen LogP contribution in [0.25, 0.3) is 22.2 Å². The lowest BCUT2D eigenvalue weighted by Crippen LogP contribution is -2.27. The lowest BCUT2D eigenvalue weighted by molar-refractivity contribution is 0.0547. The van der Waals surface area contributed by atoms with Crippen LogP contribution in [0.1, 0.15) is 20.8 Å². The number of nitrogens with zero attached hydrogens (tertiary/aromatic N) is 1. The Morgan fingerprint density at radius 1 is 1.15 bits per heavy atom. The summed E-state index contributed by atoms with van der Waals surface area (Å²) in [5, 5.41) is 0.742. The monoisotopic (exact) mass is 388 g/mol. The second kappa shape index (κ2) is 6.49. The van der Waals surface area contributed by atoms with Gasteiger partial charge in [0.1, 0.15) is 11.4 Å². The number of hydrogen-bond acceptors (Lipinski definition) is 4. The number of carbonyl (C=O) groups excluding carboxylic acids is 1. The first-order valence-electron chi connectivity index (χ1n) is 8.35. The van der Waals surface area contributed by atoms with Crippen molar-refractivity contribution >= 4 is 26.7 Å². The van der Waals surface area contributed by atoms with Crippen molar-refractivity contribution < 1.29 is 18.1 Å². The Morgan fingerprint density at radius 2 is 1.81 bits per heavy atom. The summed E-state index contributed by atoms with van der Waals surface area (Å²) in [6, 6.07) is 12.7. The highest BCUT2D eigenvalue weighted by molar-refractivity contribution is 7.91. The van der Waals surface area contributed by atoms with Crippen LogP contribution in [0.2, 0.25) is 0 Å². The molecule has 2 aromatic carbocycles. The minimum atomic E-state index is -3.03. The molecule has 0 bridgehead atoms. The number of benzene rings is 2. The quantitative estimate of drug-likeness (QED) is 0.650. The molecule has 0 saturated heterocycles. The maximum absolute atomic E-state index is 14.6. The molecule has 1 heterocycles. The molecule has 0 fully saturated rings. The summed E-state index contributed by atoms with van der Waals surface area (Å²) >= 11 is 0. The molecule has 0 amide bonds. The zero-order valence-corrected chi connectivity index (χ0v) is 16.4. The molecular formula is C20H21FN2O3S. The molecule has 0 aliphatic carbocycles. The van der Waals surface area contributed by atoms with E-state index in [0.29, 0.717) is 5.52 Å². The average molecular weight is 388 g/mol. The number of ether oxygens (including phenoxy) is 1. The largest absolute Gasteiger partial charge is 0.443 e. The lowest BCUT2D eigenvalue weighted by atomic mass is 10.1. The van der Waals surface area contributed by atoms with E-state index in [2.05, 4.69) is 0 Å². The minimum Gasteiger partial charge on any atom is -0.443 e. The van der Waals surface area contributed by atoms with Gasteiger partial charge in [-0.15, -0.1) is 0 Å². The molecule has 7 heteroatoms. The molecular weight excluding hydrogens is 367 g/mol. The van der Waals surface area contributed by atoms with Crippen molar-refractivity contribution in [1.29, 1.82) is 4.78 Å². The summed E-state index contributed by atoms with van der Waals surface area (Å²) in [5.41, 5.74) is 0.235. The molecule has 0 saturated carbocycles. The molecule has 0 aliphatic rings. The normalized spacial score (nSPS) is 14.1. The molecule has 1 unspecified atom stereocenters. The number of carbonyl (C=O) groups is 1. The minimum absolute atomic E-state index is 0.0939. The number of halogens is 1. The molecule has 3 aromatic rings. The number of hydrogen-bond donors (Lipinski definition) is 1. The van der Waals surface area contributed by atoms with Crippen molar-refractivity contribution in [3.8, 4) is 11.3 Å². The SMILES string of the molecule is CC(C)(C)OC(=O)n1c(-c2cc(S(C)(=N)=O)ccc2F)cc2ccccc21. The Bertz CT molecular complexity index is 1140. The van der Waals surface area contributed by atoms with E-state index in [1.165, 1.54) is 29.0 Å². The van der Waals surface area contributed by atoms with Gasteiger partial charge in [0, 0.05) is 22.1 Å². The van der Waals surface area contributed by atoms with Crippen molar-refractivity contribution in [2.24, 2.45) is 0 Å². The Balaban J connectivity index is 2.30. The van der Waals surface area contributed by atoms with Crippen LogP contribution in [0.3, 0.4) is 0 Å². The lowest BCUT2D eigenvalue weighted by Gasteiger charge is -2.21. The van der Waals surface area contributed by atoms with Crippen molar-refractivity contribution in [3.63, 3.8) is 0 Å². The Hall–Kier alpha value is -2.67. The number of aromatic nitrogens is 1. The van der Waals surface area contributed by atoms with Gasteiger partial charge >= 0.3 is 6.09 Å². The first-order valence-corrected chi connectivity index (χ1v) is 10.3. The first kappa shape index (κ1) is 19.1. The fourth-order valence-electron chi connectivity index (χ4n) is 2.80. The van der Waals surface area contributed by atoms with Gasteiger partial charge in [0.05, 0.1) is 20.9 Å². The maximum Gasteiger partial charge on any atom is 0.419 e. The van der Waals surface area contributed by atoms with E-state index in [9.17, 15) is 13.4 Å². The van der Waals surface area contributed by atoms with Crippen LogP contribution in [-0.4, -0.2) is 26.7 Å². The van der Waals surface area contributed by atoms with E-state index in [1.807, 2.05) is 12.1 Å². The van der Waals surface area contributed by atoms with Crippen molar-refractivity contribution in [2.45, 2.75) is 31.3 Å². The molecule has 3 rings (SSSR count). The average Bonchev–Trinajstić information content (AvgIpc) is 2.91. The Kier molecular flexibility index (Phi) is 4.59. The third kappa shape index (κ3) is 3.88. The molecule has 0 spiro atoms. The number of para-hydroxylation sites is 1. The third-order valence-electron chi connectivity index (χ3n) is 3.95. The number of rotatable bonds is 2. The summed E-state index contributed by atoms with van der Waals surface area (Å²) in [4.78, 5) is 13.0. The molecule has 1 N–H and O–H groups in total. The molecule has 5 nitrogen and oxygen atoms in total. The smallest absolute Gasteiger partial charge is 0.419 e. The van der Waals surface area contributed by atoms with Crippen LogP contribution < -0.4 is 0 Å². The van der Waals surface area contributed by atoms with Crippen molar-refractivity contribution in [3.05, 3.63) is 54.3 Å². The van der Waals surface area contributed by atoms with Crippen molar-refractivity contribution in [1.82, 2.24) is 4.57 Å². The van der Waals surface area contributed by atoms with Gasteiger partial charge in [0.2, 0.25) is 0 Å². The maximum atomic E-state index is 14.6. The van der Waals surface area contributed by atoms with Gasteiger partial charge in [-0.1, -0.05) is 18.2 Å². The highest BCUT2D eigenvalue weighted by Gasteiger charge is 2.24. The molecule has 0 radical (unpaired) electrons. The van der Waals surface area contributed by atoms with E-state index in [1.54, 1.807) is 39.0 Å². The van der Waals surface area contributed by atoms with Gasteiger partial charge in [-0.3, -0.25) is 0 Å². The van der Waals surface area contributed by atoms with E-state index >= 15 is 0 Å². The van der Waals surface area contributed by atoms with Gasteiger partial charge in [0.25, 0.3) is 0 Å². The van der Waals surface area contributed by atoms with Crippen LogP contribution in [0, 0.1) is 10.6 Å². The van der Waals surface area contributed by atoms with Crippen LogP contribution in [0.5, 0.6) is 0 Å². The van der Waals surface area contributed by atoms with Gasteiger partial charge in [-0.25, -0.2) is 22.7 Å². The fourth-order valence-corrected chi connectivity index (χ4v) is 3.47. The van der Waals surface area contributed by atoms with Gasteiger partial charge < -0.3 is 4.74 Å². The zero-order valence-electron chi connectivity index (χ0n) is 15.6. The van der Waals surface area contributed by atoms with Gasteiger partial charge in [-0.05, 0) is 51.1 Å². The number of nitrogens with one attached hydrogen (secondary N) is 1. The molecule has 27 heavy (non-hydrogen) atoms. The summed E-state index contributed by atoms with van der Waals surface area (Å²) in [5.74, 6) is -0.574. The highest BCUT2D eigenvalue weighted by atomic mass is 32.2.